The van der Waals surface area contributed by atoms with E-state index in [-0.39, 0.29) is 30.1 Å². The Hall–Kier alpha value is -1.43. The number of benzene rings is 1. The van der Waals surface area contributed by atoms with Gasteiger partial charge in [-0.2, -0.15) is 13.2 Å². The SMILES string of the molecule is CN=C(NCCC1CCN(CC(F)(F)F)CC1)NCC1COc2ccccc2O1.I. The van der Waals surface area contributed by atoms with Gasteiger partial charge in [0.1, 0.15) is 12.7 Å². The number of aliphatic imine (C=N–C) groups is 1. The molecule has 6 nitrogen and oxygen atoms in total. The minimum absolute atomic E-state index is 0. The van der Waals surface area contributed by atoms with Crippen LogP contribution in [0.3, 0.4) is 0 Å². The Morgan fingerprint density at radius 2 is 1.87 bits per heavy atom. The van der Waals surface area contributed by atoms with Crippen molar-refractivity contribution in [2.45, 2.75) is 31.5 Å². The smallest absolute Gasteiger partial charge is 0.401 e. The normalized spacial score (nSPS) is 20.4. The number of piperidine rings is 1. The third kappa shape index (κ3) is 8.01. The summed E-state index contributed by atoms with van der Waals surface area (Å²) in [5.41, 5.74) is 0. The van der Waals surface area contributed by atoms with Crippen LogP contribution in [0.4, 0.5) is 13.2 Å². The van der Waals surface area contributed by atoms with Gasteiger partial charge >= 0.3 is 6.18 Å². The van der Waals surface area contributed by atoms with Crippen molar-refractivity contribution < 1.29 is 22.6 Å². The first-order valence-corrected chi connectivity index (χ1v) is 10.0. The lowest BCUT2D eigenvalue weighted by Gasteiger charge is -2.32. The molecule has 0 aromatic heterocycles. The van der Waals surface area contributed by atoms with Gasteiger partial charge in [0.05, 0.1) is 13.1 Å². The standard InChI is InChI=1S/C20H29F3N4O2.HI/c1-24-19(26-12-16-13-28-17-4-2-3-5-18(17)29-16)25-9-6-15-7-10-27(11-8-15)14-20(21,22)23;/h2-5,15-16H,6-14H2,1H3,(H2,24,25,26);1H. The quantitative estimate of drug-likeness (QED) is 0.329. The van der Waals surface area contributed by atoms with Gasteiger partial charge in [-0.1, -0.05) is 12.1 Å². The molecular formula is C20H30F3IN4O2. The van der Waals surface area contributed by atoms with Crippen LogP contribution in [0.25, 0.3) is 0 Å². The van der Waals surface area contributed by atoms with Crippen molar-refractivity contribution in [3.8, 4) is 11.5 Å². The summed E-state index contributed by atoms with van der Waals surface area (Å²) in [6.45, 7) is 1.98. The fraction of sp³-hybridized carbons (Fsp3) is 0.650. The fourth-order valence-corrected chi connectivity index (χ4v) is 3.68. The highest BCUT2D eigenvalue weighted by atomic mass is 127. The molecule has 1 fully saturated rings. The van der Waals surface area contributed by atoms with E-state index in [2.05, 4.69) is 15.6 Å². The van der Waals surface area contributed by atoms with Crippen molar-refractivity contribution in [2.75, 3.05) is 46.4 Å². The molecule has 1 unspecified atom stereocenters. The number of alkyl halides is 3. The van der Waals surface area contributed by atoms with Crippen molar-refractivity contribution >= 4 is 29.9 Å². The van der Waals surface area contributed by atoms with Gasteiger partial charge in [-0.25, -0.2) is 0 Å². The maximum atomic E-state index is 12.5. The summed E-state index contributed by atoms with van der Waals surface area (Å²) in [6.07, 6.45) is -1.70. The molecule has 1 aromatic rings. The summed E-state index contributed by atoms with van der Waals surface area (Å²) >= 11 is 0. The third-order valence-corrected chi connectivity index (χ3v) is 5.24. The number of halogens is 4. The Bertz CT molecular complexity index is 682. The molecule has 0 radical (unpaired) electrons. The third-order valence-electron chi connectivity index (χ3n) is 5.24. The summed E-state index contributed by atoms with van der Waals surface area (Å²) in [7, 11) is 1.71. The van der Waals surface area contributed by atoms with Crippen LogP contribution in [0.5, 0.6) is 11.5 Å². The molecule has 0 spiro atoms. The van der Waals surface area contributed by atoms with Crippen LogP contribution in [0.15, 0.2) is 29.3 Å². The van der Waals surface area contributed by atoms with Crippen LogP contribution in [0, 0.1) is 5.92 Å². The van der Waals surface area contributed by atoms with E-state index in [1.165, 1.54) is 4.90 Å². The van der Waals surface area contributed by atoms with Crippen LogP contribution >= 0.6 is 24.0 Å². The van der Waals surface area contributed by atoms with E-state index >= 15 is 0 Å². The maximum Gasteiger partial charge on any atom is 0.401 e. The van der Waals surface area contributed by atoms with Gasteiger partial charge in [-0.15, -0.1) is 24.0 Å². The first-order chi connectivity index (χ1) is 13.9. The zero-order valence-electron chi connectivity index (χ0n) is 17.1. The number of hydrogen-bond acceptors (Lipinski definition) is 4. The average molecular weight is 542 g/mol. The largest absolute Gasteiger partial charge is 0.486 e. The lowest BCUT2D eigenvalue weighted by molar-refractivity contribution is -0.148. The summed E-state index contributed by atoms with van der Waals surface area (Å²) in [5.74, 6) is 2.62. The monoisotopic (exact) mass is 542 g/mol. The Kier molecular flexibility index (Phi) is 9.79. The van der Waals surface area contributed by atoms with Crippen molar-refractivity contribution in [3.05, 3.63) is 24.3 Å². The lowest BCUT2D eigenvalue weighted by Crippen LogP contribution is -2.46. The second-order valence-electron chi connectivity index (χ2n) is 7.50. The van der Waals surface area contributed by atoms with E-state index in [0.29, 0.717) is 38.1 Å². The molecule has 10 heteroatoms. The zero-order valence-corrected chi connectivity index (χ0v) is 19.4. The number of rotatable bonds is 6. The van der Waals surface area contributed by atoms with Gasteiger partial charge in [0.2, 0.25) is 0 Å². The van der Waals surface area contributed by atoms with Crippen LogP contribution in [0.2, 0.25) is 0 Å². The number of fused-ring (bicyclic) bond motifs is 1. The summed E-state index contributed by atoms with van der Waals surface area (Å²) in [4.78, 5) is 5.71. The number of guanidine groups is 1. The predicted molar refractivity (Wildman–Crippen MR) is 121 cm³/mol. The van der Waals surface area contributed by atoms with Gasteiger partial charge in [-0.05, 0) is 50.4 Å². The highest BCUT2D eigenvalue weighted by Gasteiger charge is 2.32. The molecule has 0 bridgehead atoms. The zero-order chi connectivity index (χ0) is 20.7. The van der Waals surface area contributed by atoms with E-state index in [1.807, 2.05) is 24.3 Å². The predicted octanol–water partition coefficient (Wildman–Crippen LogP) is 3.27. The van der Waals surface area contributed by atoms with Gasteiger partial charge in [0, 0.05) is 13.6 Å². The number of para-hydroxylation sites is 2. The van der Waals surface area contributed by atoms with Gasteiger partial charge in [-0.3, -0.25) is 9.89 Å². The summed E-state index contributed by atoms with van der Waals surface area (Å²) in [6, 6.07) is 7.58. The van der Waals surface area contributed by atoms with E-state index in [1.54, 1.807) is 7.05 Å². The average Bonchev–Trinajstić information content (AvgIpc) is 2.70. The molecule has 0 amide bonds. The van der Waals surface area contributed by atoms with Crippen LogP contribution in [-0.2, 0) is 0 Å². The fourth-order valence-electron chi connectivity index (χ4n) is 3.68. The molecule has 3 rings (SSSR count). The lowest BCUT2D eigenvalue weighted by atomic mass is 9.93. The van der Waals surface area contributed by atoms with Gasteiger partial charge < -0.3 is 20.1 Å². The van der Waals surface area contributed by atoms with Crippen molar-refractivity contribution in [1.82, 2.24) is 15.5 Å². The molecule has 1 atom stereocenters. The first-order valence-electron chi connectivity index (χ1n) is 10.0. The van der Waals surface area contributed by atoms with Gasteiger partial charge in [0.15, 0.2) is 17.5 Å². The van der Waals surface area contributed by atoms with Crippen molar-refractivity contribution in [1.29, 1.82) is 0 Å². The molecule has 2 aliphatic rings. The number of nitrogens with zero attached hydrogens (tertiary/aromatic N) is 2. The minimum Gasteiger partial charge on any atom is -0.486 e. The molecule has 0 aliphatic carbocycles. The number of hydrogen-bond donors (Lipinski definition) is 2. The number of nitrogens with one attached hydrogen (secondary N) is 2. The Labute approximate surface area is 192 Å². The molecule has 2 heterocycles. The van der Waals surface area contributed by atoms with E-state index in [4.69, 9.17) is 9.47 Å². The number of likely N-dealkylation sites (tertiary alicyclic amines) is 1. The van der Waals surface area contributed by atoms with Crippen molar-refractivity contribution in [3.63, 3.8) is 0 Å². The summed E-state index contributed by atoms with van der Waals surface area (Å²) in [5, 5.41) is 6.51. The molecular weight excluding hydrogens is 512 g/mol. The topological polar surface area (TPSA) is 58.1 Å². The van der Waals surface area contributed by atoms with E-state index in [9.17, 15) is 13.2 Å². The molecule has 0 saturated carbocycles. The van der Waals surface area contributed by atoms with Crippen LogP contribution < -0.4 is 20.1 Å². The Morgan fingerprint density at radius 1 is 1.17 bits per heavy atom. The van der Waals surface area contributed by atoms with Crippen LogP contribution in [0.1, 0.15) is 19.3 Å². The van der Waals surface area contributed by atoms with E-state index in [0.717, 1.165) is 37.3 Å². The molecule has 30 heavy (non-hydrogen) atoms. The second kappa shape index (κ2) is 11.8. The van der Waals surface area contributed by atoms with Crippen molar-refractivity contribution in [2.24, 2.45) is 10.9 Å². The Morgan fingerprint density at radius 3 is 2.53 bits per heavy atom. The molecule has 2 aliphatic heterocycles. The van der Waals surface area contributed by atoms with Crippen LogP contribution in [-0.4, -0.2) is 69.5 Å². The molecule has 1 aromatic carbocycles. The summed E-state index contributed by atoms with van der Waals surface area (Å²) < 4.78 is 49.0. The number of ether oxygens (including phenoxy) is 2. The second-order valence-corrected chi connectivity index (χ2v) is 7.50. The Balaban J connectivity index is 0.00000320. The highest BCUT2D eigenvalue weighted by molar-refractivity contribution is 14.0. The molecule has 170 valence electrons. The molecule has 1 saturated heterocycles. The van der Waals surface area contributed by atoms with E-state index < -0.39 is 12.7 Å². The van der Waals surface area contributed by atoms with Gasteiger partial charge in [0.25, 0.3) is 0 Å². The maximum absolute atomic E-state index is 12.5. The first kappa shape index (κ1) is 24.8. The molecule has 2 N–H and O–H groups in total. The minimum atomic E-state index is -4.11. The highest BCUT2D eigenvalue weighted by Crippen LogP contribution is 2.30.